The van der Waals surface area contributed by atoms with Crippen molar-refractivity contribution in [3.63, 3.8) is 0 Å². The molecule has 2 aromatic rings. The summed E-state index contributed by atoms with van der Waals surface area (Å²) < 4.78 is 5.44. The first kappa shape index (κ1) is 18.0. The quantitative estimate of drug-likeness (QED) is 0.672. The molecule has 0 radical (unpaired) electrons. The van der Waals surface area contributed by atoms with Crippen molar-refractivity contribution in [1.29, 1.82) is 0 Å². The standard InChI is InChI=1S/C21H24N2O3/c1-13(20(25)26-21(2,3)4)14-6-9-17(10-7-14)23-12-15-5-8-16(22)11-18(15)19(23)24/h5-11,13H,12,22H2,1-4H3. The third kappa shape index (κ3) is 3.57. The first-order valence-electron chi connectivity index (χ1n) is 8.69. The van der Waals surface area contributed by atoms with Crippen molar-refractivity contribution in [1.82, 2.24) is 0 Å². The normalized spacial score (nSPS) is 14.9. The zero-order valence-corrected chi connectivity index (χ0v) is 15.6. The Bertz CT molecular complexity index is 851. The lowest BCUT2D eigenvalue weighted by atomic mass is 10.0. The van der Waals surface area contributed by atoms with Gasteiger partial charge in [-0.2, -0.15) is 0 Å². The fraction of sp³-hybridized carbons (Fsp3) is 0.333. The molecule has 1 aliphatic rings. The Morgan fingerprint density at radius 3 is 2.42 bits per heavy atom. The number of anilines is 2. The fourth-order valence-electron chi connectivity index (χ4n) is 3.00. The number of carbonyl (C=O) groups excluding carboxylic acids is 2. The maximum atomic E-state index is 12.6. The van der Waals surface area contributed by atoms with Gasteiger partial charge in [0.2, 0.25) is 0 Å². The number of hydrogen-bond donors (Lipinski definition) is 1. The van der Waals surface area contributed by atoms with Crippen LogP contribution < -0.4 is 10.6 Å². The van der Waals surface area contributed by atoms with Gasteiger partial charge in [0.15, 0.2) is 0 Å². The number of fused-ring (bicyclic) bond motifs is 1. The van der Waals surface area contributed by atoms with E-state index in [1.54, 1.807) is 17.0 Å². The van der Waals surface area contributed by atoms with Crippen molar-refractivity contribution in [2.45, 2.75) is 45.8 Å². The molecule has 1 unspecified atom stereocenters. The van der Waals surface area contributed by atoms with Crippen LogP contribution in [0.1, 0.15) is 55.1 Å². The van der Waals surface area contributed by atoms with Gasteiger partial charge >= 0.3 is 5.97 Å². The van der Waals surface area contributed by atoms with E-state index in [2.05, 4.69) is 0 Å². The number of nitrogens with zero attached hydrogens (tertiary/aromatic N) is 1. The van der Waals surface area contributed by atoms with Crippen LogP contribution in [0.5, 0.6) is 0 Å². The average Bonchev–Trinajstić information content (AvgIpc) is 2.89. The third-order valence-electron chi connectivity index (χ3n) is 4.40. The first-order valence-corrected chi connectivity index (χ1v) is 8.69. The maximum absolute atomic E-state index is 12.6. The predicted molar refractivity (Wildman–Crippen MR) is 102 cm³/mol. The molecule has 26 heavy (non-hydrogen) atoms. The summed E-state index contributed by atoms with van der Waals surface area (Å²) in [6.45, 7) is 7.90. The molecule has 1 atom stereocenters. The Morgan fingerprint density at radius 2 is 1.81 bits per heavy atom. The number of esters is 1. The zero-order chi connectivity index (χ0) is 19.1. The van der Waals surface area contributed by atoms with E-state index in [9.17, 15) is 9.59 Å². The number of benzene rings is 2. The second kappa shape index (κ2) is 6.48. The Labute approximate surface area is 153 Å². The number of hydrogen-bond acceptors (Lipinski definition) is 4. The molecule has 5 heteroatoms. The molecule has 136 valence electrons. The lowest BCUT2D eigenvalue weighted by Gasteiger charge is -2.23. The van der Waals surface area contributed by atoms with Crippen molar-refractivity contribution in [2.24, 2.45) is 0 Å². The monoisotopic (exact) mass is 352 g/mol. The summed E-state index contributed by atoms with van der Waals surface area (Å²) in [7, 11) is 0. The molecular formula is C21H24N2O3. The van der Waals surface area contributed by atoms with Crippen LogP contribution in [0.4, 0.5) is 11.4 Å². The van der Waals surface area contributed by atoms with Crippen LogP contribution in [-0.4, -0.2) is 17.5 Å². The second-order valence-electron chi connectivity index (χ2n) is 7.65. The summed E-state index contributed by atoms with van der Waals surface area (Å²) in [6.07, 6.45) is 0. The molecule has 0 fully saturated rings. The number of ether oxygens (including phenoxy) is 1. The molecule has 0 saturated carbocycles. The molecule has 1 aliphatic heterocycles. The number of rotatable bonds is 3. The molecule has 5 nitrogen and oxygen atoms in total. The summed E-state index contributed by atoms with van der Waals surface area (Å²) in [4.78, 5) is 26.6. The van der Waals surface area contributed by atoms with Crippen LogP contribution in [0, 0.1) is 0 Å². The minimum atomic E-state index is -0.513. The highest BCUT2D eigenvalue weighted by Gasteiger charge is 2.29. The average molecular weight is 352 g/mol. The number of nitrogens with two attached hydrogens (primary N) is 1. The molecule has 2 N–H and O–H groups in total. The number of nitrogen functional groups attached to an aromatic ring is 1. The van der Waals surface area contributed by atoms with Crippen LogP contribution in [0.3, 0.4) is 0 Å². The van der Waals surface area contributed by atoms with Crippen LogP contribution in [0.2, 0.25) is 0 Å². The van der Waals surface area contributed by atoms with E-state index in [1.165, 1.54) is 0 Å². The van der Waals surface area contributed by atoms with Crippen molar-refractivity contribution >= 4 is 23.3 Å². The summed E-state index contributed by atoms with van der Waals surface area (Å²) in [5.41, 5.74) is 9.13. The van der Waals surface area contributed by atoms with E-state index < -0.39 is 5.60 Å². The fourth-order valence-corrected chi connectivity index (χ4v) is 3.00. The molecular weight excluding hydrogens is 328 g/mol. The number of amides is 1. The lowest BCUT2D eigenvalue weighted by molar-refractivity contribution is -0.156. The highest BCUT2D eigenvalue weighted by atomic mass is 16.6. The van der Waals surface area contributed by atoms with E-state index in [4.69, 9.17) is 10.5 Å². The Morgan fingerprint density at radius 1 is 1.15 bits per heavy atom. The molecule has 0 aromatic heterocycles. The van der Waals surface area contributed by atoms with Crippen LogP contribution in [-0.2, 0) is 16.1 Å². The van der Waals surface area contributed by atoms with Gasteiger partial charge in [0, 0.05) is 16.9 Å². The summed E-state index contributed by atoms with van der Waals surface area (Å²) >= 11 is 0. The van der Waals surface area contributed by atoms with Crippen molar-refractivity contribution < 1.29 is 14.3 Å². The smallest absolute Gasteiger partial charge is 0.313 e. The SMILES string of the molecule is CC(C(=O)OC(C)(C)C)c1ccc(N2Cc3ccc(N)cc3C2=O)cc1. The van der Waals surface area contributed by atoms with Crippen molar-refractivity contribution in [2.75, 3.05) is 10.6 Å². The molecule has 0 saturated heterocycles. The predicted octanol–water partition coefficient (Wildman–Crippen LogP) is 3.87. The van der Waals surface area contributed by atoms with Gasteiger partial charge in [0.25, 0.3) is 5.91 Å². The molecule has 0 aliphatic carbocycles. The molecule has 3 rings (SSSR count). The first-order chi connectivity index (χ1) is 12.2. The van der Waals surface area contributed by atoms with Gasteiger partial charge < -0.3 is 15.4 Å². The Hall–Kier alpha value is -2.82. The van der Waals surface area contributed by atoms with Crippen molar-refractivity contribution in [3.05, 3.63) is 59.2 Å². The summed E-state index contributed by atoms with van der Waals surface area (Å²) in [6, 6.07) is 12.9. The third-order valence-corrected chi connectivity index (χ3v) is 4.40. The molecule has 2 aromatic carbocycles. The summed E-state index contributed by atoms with van der Waals surface area (Å²) in [5.74, 6) is -0.680. The highest BCUT2D eigenvalue weighted by molar-refractivity contribution is 6.10. The molecule has 0 spiro atoms. The van der Waals surface area contributed by atoms with Gasteiger partial charge in [0.05, 0.1) is 12.5 Å². The van der Waals surface area contributed by atoms with E-state index in [-0.39, 0.29) is 17.8 Å². The van der Waals surface area contributed by atoms with Crippen LogP contribution >= 0.6 is 0 Å². The highest BCUT2D eigenvalue weighted by Crippen LogP contribution is 2.30. The molecule has 0 bridgehead atoms. The van der Waals surface area contributed by atoms with E-state index >= 15 is 0 Å². The van der Waals surface area contributed by atoms with Gasteiger partial charge in [0.1, 0.15) is 5.60 Å². The van der Waals surface area contributed by atoms with E-state index in [1.807, 2.05) is 58.0 Å². The Kier molecular flexibility index (Phi) is 4.48. The number of carbonyl (C=O) groups is 2. The molecule has 1 amide bonds. The van der Waals surface area contributed by atoms with E-state index in [0.717, 1.165) is 16.8 Å². The second-order valence-corrected chi connectivity index (χ2v) is 7.65. The lowest BCUT2D eigenvalue weighted by Crippen LogP contribution is -2.27. The topological polar surface area (TPSA) is 72.6 Å². The van der Waals surface area contributed by atoms with E-state index in [0.29, 0.717) is 17.8 Å². The largest absolute Gasteiger partial charge is 0.460 e. The Balaban J connectivity index is 1.77. The van der Waals surface area contributed by atoms with Crippen LogP contribution in [0.15, 0.2) is 42.5 Å². The summed E-state index contributed by atoms with van der Waals surface area (Å²) in [5, 5.41) is 0. The van der Waals surface area contributed by atoms with Gasteiger partial charge in [-0.1, -0.05) is 18.2 Å². The minimum Gasteiger partial charge on any atom is -0.460 e. The van der Waals surface area contributed by atoms with Gasteiger partial charge in [-0.3, -0.25) is 9.59 Å². The van der Waals surface area contributed by atoms with Crippen molar-refractivity contribution in [3.8, 4) is 0 Å². The van der Waals surface area contributed by atoms with Gasteiger partial charge in [-0.25, -0.2) is 0 Å². The molecule has 1 heterocycles. The van der Waals surface area contributed by atoms with Crippen LogP contribution in [0.25, 0.3) is 0 Å². The maximum Gasteiger partial charge on any atom is 0.313 e. The zero-order valence-electron chi connectivity index (χ0n) is 15.6. The van der Waals surface area contributed by atoms with Gasteiger partial charge in [-0.15, -0.1) is 0 Å². The minimum absolute atomic E-state index is 0.0553. The van der Waals surface area contributed by atoms with Gasteiger partial charge in [-0.05, 0) is 63.1 Å².